The number of aliphatic hydroxyl groups is 1. The maximum absolute atomic E-state index is 13.1. The van der Waals surface area contributed by atoms with Crippen molar-refractivity contribution in [2.75, 3.05) is 51.9 Å². The summed E-state index contributed by atoms with van der Waals surface area (Å²) in [5, 5.41) is 14.1. The highest BCUT2D eigenvalue weighted by Gasteiger charge is 2.28. The standard InChI is InChI=1S/C22H35N5O3.C7H8.CH4O.2H2/c1-16-20(24-15-25-21(16)23-14-19-4-2-3-11-30-19)22(28)27-9-5-17(6-10-27)26-18-7-12-29-13-8-18;1-7-5-3-2-4-6-7;1-2;;/h15,17-19,26H,2-14H2,1H3,(H,23,24,25);2-6H,1H3;2H,1H3;2*1H/t19-;;;;/m1..../s1. The van der Waals surface area contributed by atoms with Gasteiger partial charge in [0.25, 0.3) is 5.91 Å². The zero-order valence-corrected chi connectivity index (χ0v) is 23.9. The molecule has 9 nitrogen and oxygen atoms in total. The normalized spacial score (nSPS) is 20.2. The van der Waals surface area contributed by atoms with E-state index in [4.69, 9.17) is 14.6 Å². The molecule has 0 radical (unpaired) electrons. The van der Waals surface area contributed by atoms with Gasteiger partial charge in [-0.1, -0.05) is 35.9 Å². The summed E-state index contributed by atoms with van der Waals surface area (Å²) >= 11 is 0. The number of hydrogen-bond donors (Lipinski definition) is 3. The monoisotopic (exact) mass is 545 g/mol. The largest absolute Gasteiger partial charge is 0.400 e. The van der Waals surface area contributed by atoms with Crippen molar-refractivity contribution < 1.29 is 22.2 Å². The van der Waals surface area contributed by atoms with Crippen LogP contribution in [0.25, 0.3) is 0 Å². The molecule has 0 spiro atoms. The van der Waals surface area contributed by atoms with Gasteiger partial charge in [-0.15, -0.1) is 0 Å². The molecule has 1 atom stereocenters. The van der Waals surface area contributed by atoms with Crippen LogP contribution in [0, 0.1) is 13.8 Å². The highest BCUT2D eigenvalue weighted by molar-refractivity contribution is 5.94. The van der Waals surface area contributed by atoms with Crippen molar-refractivity contribution in [1.82, 2.24) is 20.2 Å². The van der Waals surface area contributed by atoms with Crippen LogP contribution in [0.2, 0.25) is 0 Å². The number of aliphatic hydroxyl groups excluding tert-OH is 1. The fourth-order valence-electron chi connectivity index (χ4n) is 5.15. The zero-order valence-electron chi connectivity index (χ0n) is 23.9. The molecule has 39 heavy (non-hydrogen) atoms. The van der Waals surface area contributed by atoms with Gasteiger partial charge in [-0.3, -0.25) is 4.79 Å². The second kappa shape index (κ2) is 17.2. The maximum atomic E-state index is 13.1. The molecular weight excluding hydrogens is 494 g/mol. The predicted molar refractivity (Wildman–Crippen MR) is 158 cm³/mol. The van der Waals surface area contributed by atoms with Crippen molar-refractivity contribution in [3.8, 4) is 0 Å². The van der Waals surface area contributed by atoms with Crippen LogP contribution in [0.15, 0.2) is 36.7 Å². The molecule has 2 aromatic rings. The van der Waals surface area contributed by atoms with E-state index >= 15 is 0 Å². The number of nitrogens with one attached hydrogen (secondary N) is 2. The lowest BCUT2D eigenvalue weighted by Crippen LogP contribution is -2.49. The number of carbonyl (C=O) groups is 1. The van der Waals surface area contributed by atoms with Gasteiger partial charge in [0.15, 0.2) is 0 Å². The van der Waals surface area contributed by atoms with Gasteiger partial charge in [-0.2, -0.15) is 0 Å². The van der Waals surface area contributed by atoms with Crippen molar-refractivity contribution in [2.45, 2.75) is 77.0 Å². The molecule has 0 unspecified atom stereocenters. The summed E-state index contributed by atoms with van der Waals surface area (Å²) in [4.78, 5) is 23.7. The molecule has 1 amide bonds. The average Bonchev–Trinajstić information content (AvgIpc) is 2.99. The van der Waals surface area contributed by atoms with E-state index in [0.29, 0.717) is 17.8 Å². The first-order chi connectivity index (χ1) is 19.1. The third kappa shape index (κ3) is 10.1. The van der Waals surface area contributed by atoms with Gasteiger partial charge in [0.1, 0.15) is 17.8 Å². The van der Waals surface area contributed by atoms with E-state index < -0.39 is 0 Å². The van der Waals surface area contributed by atoms with Gasteiger partial charge in [0.2, 0.25) is 0 Å². The highest BCUT2D eigenvalue weighted by atomic mass is 16.5. The SMILES string of the molecule is CO.Cc1c(NC[C@H]2CCCCO2)ncnc1C(=O)N1CCC(NC2CCOCC2)CC1.Cc1ccccc1.[HH].[HH]. The second-order valence-electron chi connectivity index (χ2n) is 10.3. The third-order valence-corrected chi connectivity index (χ3v) is 7.47. The minimum Gasteiger partial charge on any atom is -0.400 e. The molecule has 0 aliphatic carbocycles. The van der Waals surface area contributed by atoms with Crippen LogP contribution < -0.4 is 10.6 Å². The second-order valence-corrected chi connectivity index (χ2v) is 10.3. The van der Waals surface area contributed by atoms with Crippen molar-refractivity contribution in [1.29, 1.82) is 0 Å². The summed E-state index contributed by atoms with van der Waals surface area (Å²) in [6, 6.07) is 11.3. The first-order valence-electron chi connectivity index (χ1n) is 14.4. The summed E-state index contributed by atoms with van der Waals surface area (Å²) in [5.74, 6) is 0.745. The van der Waals surface area contributed by atoms with Crippen molar-refractivity contribution >= 4 is 11.7 Å². The summed E-state index contributed by atoms with van der Waals surface area (Å²) in [5.41, 5.74) is 2.65. The maximum Gasteiger partial charge on any atom is 0.272 e. The lowest BCUT2D eigenvalue weighted by molar-refractivity contribution is 0.0247. The molecule has 3 fully saturated rings. The number of carbonyl (C=O) groups excluding carboxylic acids is 1. The molecule has 3 N–H and O–H groups in total. The number of amides is 1. The quantitative estimate of drug-likeness (QED) is 0.495. The molecule has 9 heteroatoms. The van der Waals surface area contributed by atoms with E-state index in [1.54, 1.807) is 0 Å². The first-order valence-corrected chi connectivity index (χ1v) is 14.4. The Morgan fingerprint density at radius 2 is 1.67 bits per heavy atom. The molecule has 220 valence electrons. The zero-order chi connectivity index (χ0) is 27.9. The van der Waals surface area contributed by atoms with E-state index in [-0.39, 0.29) is 14.9 Å². The number of likely N-dealkylation sites (tertiary alicyclic amines) is 1. The fourth-order valence-corrected chi connectivity index (χ4v) is 5.15. The van der Waals surface area contributed by atoms with Gasteiger partial charge in [-0.25, -0.2) is 9.97 Å². The van der Waals surface area contributed by atoms with Crippen LogP contribution in [0.1, 0.15) is 69.4 Å². The van der Waals surface area contributed by atoms with Gasteiger partial charge in [-0.05, 0) is 58.8 Å². The molecular formula is C30H51N5O4. The van der Waals surface area contributed by atoms with Crippen molar-refractivity contribution in [3.63, 3.8) is 0 Å². The third-order valence-electron chi connectivity index (χ3n) is 7.47. The minimum absolute atomic E-state index is 0. The lowest BCUT2D eigenvalue weighted by atomic mass is 10.0. The van der Waals surface area contributed by atoms with Gasteiger partial charge >= 0.3 is 0 Å². The molecule has 0 bridgehead atoms. The predicted octanol–water partition coefficient (Wildman–Crippen LogP) is 4.23. The summed E-state index contributed by atoms with van der Waals surface area (Å²) in [6.07, 6.45) is 9.26. The average molecular weight is 546 g/mol. The molecule has 1 aromatic heterocycles. The van der Waals surface area contributed by atoms with E-state index in [1.165, 1.54) is 18.3 Å². The first kappa shape index (κ1) is 30.9. The fraction of sp³-hybridized carbons (Fsp3) is 0.633. The summed E-state index contributed by atoms with van der Waals surface area (Å²) in [6.45, 7) is 8.80. The van der Waals surface area contributed by atoms with Crippen LogP contribution >= 0.6 is 0 Å². The van der Waals surface area contributed by atoms with E-state index in [0.717, 1.165) is 96.5 Å². The van der Waals surface area contributed by atoms with E-state index in [2.05, 4.69) is 39.7 Å². The van der Waals surface area contributed by atoms with Crippen LogP contribution in [0.5, 0.6) is 0 Å². The molecule has 0 saturated carbocycles. The summed E-state index contributed by atoms with van der Waals surface area (Å²) in [7, 11) is 1.00. The van der Waals surface area contributed by atoms with Gasteiger partial charge < -0.3 is 30.1 Å². The minimum atomic E-state index is 0. The molecule has 5 rings (SSSR count). The molecule has 4 heterocycles. The van der Waals surface area contributed by atoms with Crippen LogP contribution in [0.3, 0.4) is 0 Å². The Morgan fingerprint density at radius 3 is 2.28 bits per heavy atom. The van der Waals surface area contributed by atoms with Crippen LogP contribution in [0.4, 0.5) is 5.82 Å². The highest BCUT2D eigenvalue weighted by Crippen LogP contribution is 2.21. The van der Waals surface area contributed by atoms with E-state index in [1.807, 2.05) is 30.0 Å². The van der Waals surface area contributed by atoms with Crippen molar-refractivity contribution in [2.24, 2.45) is 0 Å². The topological polar surface area (TPSA) is 109 Å². The lowest BCUT2D eigenvalue weighted by Gasteiger charge is -2.35. The van der Waals surface area contributed by atoms with E-state index in [9.17, 15) is 4.79 Å². The molecule has 3 aliphatic heterocycles. The Kier molecular flexibility index (Phi) is 13.6. The number of benzene rings is 1. The van der Waals surface area contributed by atoms with Crippen LogP contribution in [-0.2, 0) is 9.47 Å². The number of anilines is 1. The number of hydrogen-bond acceptors (Lipinski definition) is 8. The van der Waals surface area contributed by atoms with Crippen LogP contribution in [-0.4, -0.2) is 90.6 Å². The number of rotatable bonds is 6. The number of ether oxygens (including phenoxy) is 2. The Labute approximate surface area is 236 Å². The molecule has 3 aliphatic rings. The Hall–Kier alpha value is -2.59. The smallest absolute Gasteiger partial charge is 0.272 e. The molecule has 1 aromatic carbocycles. The number of aromatic nitrogens is 2. The Bertz CT molecular complexity index is 969. The molecule has 3 saturated heterocycles. The van der Waals surface area contributed by atoms with Gasteiger partial charge in [0.05, 0.1) is 6.10 Å². The van der Waals surface area contributed by atoms with Gasteiger partial charge in [0, 0.05) is 67.1 Å². The number of nitrogens with zero attached hydrogens (tertiary/aromatic N) is 3. The number of aryl methyl sites for hydroxylation is 1. The Morgan fingerprint density at radius 1 is 0.974 bits per heavy atom. The number of piperidine rings is 1. The Balaban J connectivity index is 0.000000662. The van der Waals surface area contributed by atoms with Crippen molar-refractivity contribution in [3.05, 3.63) is 53.5 Å². The summed E-state index contributed by atoms with van der Waals surface area (Å²) < 4.78 is 11.2.